The van der Waals surface area contributed by atoms with Gasteiger partial charge in [-0.3, -0.25) is 0 Å². The molecule has 6 unspecified atom stereocenters. The lowest BCUT2D eigenvalue weighted by Gasteiger charge is -2.44. The molecule has 4 rings (SSSR count). The van der Waals surface area contributed by atoms with Crippen LogP contribution in [-0.2, 0) is 9.47 Å². The van der Waals surface area contributed by atoms with Crippen LogP contribution < -0.4 is 0 Å². The van der Waals surface area contributed by atoms with Gasteiger partial charge in [0.25, 0.3) is 0 Å². The highest BCUT2D eigenvalue weighted by atomic mass is 19.3. The van der Waals surface area contributed by atoms with Crippen LogP contribution in [0.4, 0.5) is 30.7 Å². The number of hydrogen-bond acceptors (Lipinski definition) is 2. The van der Waals surface area contributed by atoms with Gasteiger partial charge in [-0.25, -0.2) is 22.0 Å². The standard InChI is InChI=1S/C27H41F7O2/c1-2-3-15-4-9-24(35-14-15)17-7-5-16(6-8-17)18-10-20(28)25(21(29)11-18)27(33,34)36-19-12-22(30)26(32)23(31)13-19/h15-26H,2-14H2,1H3. The molecular weight excluding hydrogens is 489 g/mol. The van der Waals surface area contributed by atoms with Gasteiger partial charge in [-0.1, -0.05) is 13.3 Å². The summed E-state index contributed by atoms with van der Waals surface area (Å²) >= 11 is 0. The Bertz CT molecular complexity index is 657. The zero-order chi connectivity index (χ0) is 26.0. The molecule has 1 saturated heterocycles. The SMILES string of the molecule is CCCC1CCC(C2CCC(C3CC(F)C(C(F)(F)OC4CC(F)C(F)C(F)C4)C(F)C3)CC2)OC1. The molecule has 1 aliphatic heterocycles. The lowest BCUT2D eigenvalue weighted by Crippen LogP contribution is -2.52. The minimum atomic E-state index is -4.22. The Hall–Kier alpha value is -0.570. The number of halogens is 7. The van der Waals surface area contributed by atoms with Crippen molar-refractivity contribution in [2.75, 3.05) is 6.61 Å². The summed E-state index contributed by atoms with van der Waals surface area (Å²) in [4.78, 5) is 0. The van der Waals surface area contributed by atoms with E-state index in [9.17, 15) is 22.0 Å². The van der Waals surface area contributed by atoms with Gasteiger partial charge in [0.15, 0.2) is 6.17 Å². The molecule has 4 fully saturated rings. The molecule has 1 heterocycles. The Morgan fingerprint density at radius 1 is 0.722 bits per heavy atom. The van der Waals surface area contributed by atoms with Crippen molar-refractivity contribution in [3.8, 4) is 0 Å². The van der Waals surface area contributed by atoms with E-state index in [0.29, 0.717) is 11.8 Å². The van der Waals surface area contributed by atoms with E-state index in [1.54, 1.807) is 0 Å². The summed E-state index contributed by atoms with van der Waals surface area (Å²) in [7, 11) is 0. The van der Waals surface area contributed by atoms with Crippen LogP contribution in [0.5, 0.6) is 0 Å². The maximum Gasteiger partial charge on any atom is 0.364 e. The molecule has 2 nitrogen and oxygen atoms in total. The van der Waals surface area contributed by atoms with Crippen LogP contribution in [0, 0.1) is 29.6 Å². The van der Waals surface area contributed by atoms with Gasteiger partial charge >= 0.3 is 6.11 Å². The summed E-state index contributed by atoms with van der Waals surface area (Å²) in [6.45, 7) is 2.98. The van der Waals surface area contributed by atoms with Crippen LogP contribution in [0.25, 0.3) is 0 Å². The van der Waals surface area contributed by atoms with Crippen molar-refractivity contribution >= 4 is 0 Å². The van der Waals surface area contributed by atoms with E-state index in [4.69, 9.17) is 4.74 Å². The third-order valence-electron chi connectivity index (χ3n) is 9.33. The van der Waals surface area contributed by atoms with E-state index in [0.717, 1.165) is 45.1 Å². The summed E-state index contributed by atoms with van der Waals surface area (Å²) < 4.78 is 111. The quantitative estimate of drug-likeness (QED) is 0.312. The summed E-state index contributed by atoms with van der Waals surface area (Å²) in [5.74, 6) is -1.48. The smallest absolute Gasteiger partial charge is 0.364 e. The maximum absolute atomic E-state index is 15.0. The van der Waals surface area contributed by atoms with Gasteiger partial charge in [-0.05, 0) is 81.5 Å². The largest absolute Gasteiger partial charge is 0.378 e. The lowest BCUT2D eigenvalue weighted by atomic mass is 9.67. The molecule has 0 aromatic heterocycles. The Balaban J connectivity index is 1.26. The Kier molecular flexibility index (Phi) is 9.55. The molecule has 0 amide bonds. The van der Waals surface area contributed by atoms with Crippen molar-refractivity contribution in [1.29, 1.82) is 0 Å². The van der Waals surface area contributed by atoms with Crippen LogP contribution in [0.3, 0.4) is 0 Å². The molecule has 6 atom stereocenters. The van der Waals surface area contributed by atoms with Gasteiger partial charge in [0.1, 0.15) is 30.6 Å². The summed E-state index contributed by atoms with van der Waals surface area (Å²) in [5.41, 5.74) is 0. The zero-order valence-corrected chi connectivity index (χ0v) is 21.1. The summed E-state index contributed by atoms with van der Waals surface area (Å²) in [6, 6.07) is 0. The van der Waals surface area contributed by atoms with Crippen LogP contribution in [0.15, 0.2) is 0 Å². The van der Waals surface area contributed by atoms with Gasteiger partial charge in [-0.2, -0.15) is 8.78 Å². The topological polar surface area (TPSA) is 18.5 Å². The minimum Gasteiger partial charge on any atom is -0.378 e. The zero-order valence-electron chi connectivity index (χ0n) is 21.1. The number of alkyl halides is 7. The van der Waals surface area contributed by atoms with Crippen LogP contribution >= 0.6 is 0 Å². The second kappa shape index (κ2) is 12.1. The first kappa shape index (κ1) is 28.4. The van der Waals surface area contributed by atoms with E-state index in [1.165, 1.54) is 12.8 Å². The first-order chi connectivity index (χ1) is 17.1. The monoisotopic (exact) mass is 530 g/mol. The molecule has 0 aromatic rings. The molecule has 0 spiro atoms. The van der Waals surface area contributed by atoms with Crippen molar-refractivity contribution in [3.63, 3.8) is 0 Å². The highest BCUT2D eigenvalue weighted by molar-refractivity contribution is 4.96. The van der Waals surface area contributed by atoms with E-state index >= 15 is 8.78 Å². The van der Waals surface area contributed by atoms with Gasteiger partial charge in [0, 0.05) is 19.4 Å². The fourth-order valence-electron chi connectivity index (χ4n) is 7.30. The number of hydrogen-bond donors (Lipinski definition) is 0. The Morgan fingerprint density at radius 3 is 1.83 bits per heavy atom. The van der Waals surface area contributed by atoms with Crippen molar-refractivity contribution in [2.24, 2.45) is 29.6 Å². The highest BCUT2D eigenvalue weighted by Gasteiger charge is 2.57. The maximum atomic E-state index is 15.0. The van der Waals surface area contributed by atoms with Crippen LogP contribution in [0.1, 0.15) is 84.0 Å². The molecular formula is C27H41F7O2. The fourth-order valence-corrected chi connectivity index (χ4v) is 7.30. The Morgan fingerprint density at radius 2 is 1.31 bits per heavy atom. The predicted octanol–water partition coefficient (Wildman–Crippen LogP) is 7.88. The van der Waals surface area contributed by atoms with Gasteiger partial charge in [0.2, 0.25) is 0 Å². The third-order valence-corrected chi connectivity index (χ3v) is 9.33. The normalized spacial score (nSPS) is 47.0. The van der Waals surface area contributed by atoms with E-state index in [2.05, 4.69) is 11.7 Å². The van der Waals surface area contributed by atoms with Crippen molar-refractivity contribution in [2.45, 2.75) is 133 Å². The van der Waals surface area contributed by atoms with Gasteiger partial charge in [-0.15, -0.1) is 0 Å². The van der Waals surface area contributed by atoms with Crippen molar-refractivity contribution < 1.29 is 40.2 Å². The molecule has 0 bridgehead atoms. The molecule has 210 valence electrons. The van der Waals surface area contributed by atoms with Crippen LogP contribution in [0.2, 0.25) is 0 Å². The number of rotatable bonds is 7. The van der Waals surface area contributed by atoms with Crippen LogP contribution in [-0.4, -0.2) is 55.8 Å². The molecule has 9 heteroatoms. The van der Waals surface area contributed by atoms with E-state index in [-0.39, 0.29) is 30.8 Å². The molecule has 3 aliphatic carbocycles. The summed E-state index contributed by atoms with van der Waals surface area (Å²) in [6.07, 6.45) is -10.6. The number of ether oxygens (including phenoxy) is 2. The van der Waals surface area contributed by atoms with E-state index in [1.807, 2.05) is 0 Å². The third kappa shape index (κ3) is 6.52. The molecule has 0 radical (unpaired) electrons. The van der Waals surface area contributed by atoms with Gasteiger partial charge in [0.05, 0.1) is 12.2 Å². The lowest BCUT2D eigenvalue weighted by molar-refractivity contribution is -0.323. The summed E-state index contributed by atoms with van der Waals surface area (Å²) in [5, 5.41) is 0. The Labute approximate surface area is 210 Å². The van der Waals surface area contributed by atoms with Crippen molar-refractivity contribution in [3.05, 3.63) is 0 Å². The minimum absolute atomic E-state index is 0.0871. The molecule has 0 N–H and O–H groups in total. The van der Waals surface area contributed by atoms with Gasteiger partial charge < -0.3 is 9.47 Å². The average molecular weight is 531 g/mol. The van der Waals surface area contributed by atoms with E-state index < -0.39 is 61.8 Å². The fraction of sp³-hybridized carbons (Fsp3) is 1.00. The second-order valence-electron chi connectivity index (χ2n) is 11.8. The molecule has 3 saturated carbocycles. The molecule has 36 heavy (non-hydrogen) atoms. The average Bonchev–Trinajstić information content (AvgIpc) is 2.82. The first-order valence-electron chi connectivity index (χ1n) is 14.0. The molecule has 0 aromatic carbocycles. The predicted molar refractivity (Wildman–Crippen MR) is 123 cm³/mol. The molecule has 4 aliphatic rings. The van der Waals surface area contributed by atoms with Crippen molar-refractivity contribution in [1.82, 2.24) is 0 Å². The highest BCUT2D eigenvalue weighted by Crippen LogP contribution is 2.49. The second-order valence-corrected chi connectivity index (χ2v) is 11.8. The first-order valence-corrected chi connectivity index (χ1v) is 14.0.